The summed E-state index contributed by atoms with van der Waals surface area (Å²) in [5.41, 5.74) is -0.715. The highest BCUT2D eigenvalue weighted by Gasteiger charge is 2.58. The second-order valence-corrected chi connectivity index (χ2v) is 11.9. The molecule has 1 saturated heterocycles. The smallest absolute Gasteiger partial charge is 0.408 e. The largest absolute Gasteiger partial charge is 0.444 e. The van der Waals surface area contributed by atoms with Crippen LogP contribution in [0.5, 0.6) is 0 Å². The number of ether oxygens (including phenoxy) is 1. The summed E-state index contributed by atoms with van der Waals surface area (Å²) in [4.78, 5) is 67.0. The number of alkyl carbamates (subject to hydrolysis) is 1. The number of nitrogens with zero attached hydrogens (tertiary/aromatic N) is 1. The lowest BCUT2D eigenvalue weighted by Crippen LogP contribution is -2.59. The molecule has 4 amide bonds. The van der Waals surface area contributed by atoms with Crippen LogP contribution in [0.1, 0.15) is 72.1 Å². The molecule has 216 valence electrons. The molecule has 3 rings (SSSR count). The molecule has 0 aromatic carbocycles. The summed E-state index contributed by atoms with van der Waals surface area (Å²) < 4.78 is 5.45. The van der Waals surface area contributed by atoms with Gasteiger partial charge in [-0.3, -0.25) is 19.2 Å². The average Bonchev–Trinajstić information content (AvgIpc) is 3.55. The molecule has 10 nitrogen and oxygen atoms in total. The topological polar surface area (TPSA) is 134 Å². The second kappa shape index (κ2) is 13.3. The van der Waals surface area contributed by atoms with Crippen molar-refractivity contribution in [1.29, 1.82) is 0 Å². The van der Waals surface area contributed by atoms with Crippen molar-refractivity contribution in [2.45, 2.75) is 95.9 Å². The van der Waals surface area contributed by atoms with Gasteiger partial charge in [0.05, 0.1) is 6.04 Å². The number of amides is 4. The number of nitrogens with one attached hydrogen (secondary N) is 3. The third kappa shape index (κ3) is 8.16. The van der Waals surface area contributed by atoms with E-state index in [1.54, 1.807) is 31.7 Å². The molecule has 0 bridgehead atoms. The average molecular weight is 545 g/mol. The molecule has 39 heavy (non-hydrogen) atoms. The molecule has 3 N–H and O–H groups in total. The Hall–Kier alpha value is -3.17. The van der Waals surface area contributed by atoms with Gasteiger partial charge < -0.3 is 25.6 Å². The first-order valence-corrected chi connectivity index (χ1v) is 14.1. The van der Waals surface area contributed by atoms with Gasteiger partial charge in [-0.25, -0.2) is 4.79 Å². The van der Waals surface area contributed by atoms with Crippen LogP contribution in [0.15, 0.2) is 25.3 Å². The Morgan fingerprint density at radius 3 is 2.33 bits per heavy atom. The molecule has 2 saturated carbocycles. The highest BCUT2D eigenvalue weighted by molar-refractivity contribution is 6.38. The molecule has 0 spiro atoms. The maximum atomic E-state index is 14.0. The van der Waals surface area contributed by atoms with E-state index in [9.17, 15) is 24.0 Å². The van der Waals surface area contributed by atoms with E-state index in [1.165, 1.54) is 6.08 Å². The number of ketones is 1. The maximum absolute atomic E-state index is 14.0. The Kier molecular flexibility index (Phi) is 10.3. The number of hydrogen-bond acceptors (Lipinski definition) is 6. The number of likely N-dealkylation sites (tertiary alicyclic amines) is 1. The molecule has 3 aliphatic rings. The van der Waals surface area contributed by atoms with Crippen molar-refractivity contribution in [3.8, 4) is 0 Å². The van der Waals surface area contributed by atoms with Gasteiger partial charge in [-0.1, -0.05) is 31.4 Å². The minimum atomic E-state index is -1.04. The monoisotopic (exact) mass is 544 g/mol. The van der Waals surface area contributed by atoms with E-state index < -0.39 is 47.4 Å². The fourth-order valence-corrected chi connectivity index (χ4v) is 5.71. The van der Waals surface area contributed by atoms with E-state index >= 15 is 0 Å². The zero-order valence-corrected chi connectivity index (χ0v) is 23.5. The minimum absolute atomic E-state index is 0.00719. The van der Waals surface area contributed by atoms with Crippen molar-refractivity contribution < 1.29 is 28.7 Å². The van der Waals surface area contributed by atoms with Crippen LogP contribution in [0.2, 0.25) is 0 Å². The SMILES string of the molecule is C=CCC[C@@H](NC(=O)[C@@H]1[C@H]2CC2CN1C(=O)[C@@H](NC(=O)OC(C)(C)C)C1CCCCC1)C(=O)C(=O)NCC=C. The van der Waals surface area contributed by atoms with Crippen molar-refractivity contribution >= 4 is 29.6 Å². The number of Topliss-reactive ketones (excluding diaryl/α,β-unsaturated/α-hetero) is 1. The predicted octanol–water partition coefficient (Wildman–Crippen LogP) is 2.63. The molecule has 5 atom stereocenters. The standard InChI is InChI=1S/C29H44N4O6/c1-6-8-14-21(24(34)26(36)30-15-7-2)31-25(35)23-20-16-19(20)17-33(23)27(37)22(18-12-10-9-11-13-18)32-28(38)39-29(3,4)5/h6-7,18-23H,1-2,8-17H2,3-5H3,(H,30,36)(H,31,35)(H,32,38)/t19?,20-,21+,22-,23-/m0/s1. The fraction of sp³-hybridized carbons (Fsp3) is 0.690. The van der Waals surface area contributed by atoms with Gasteiger partial charge in [0.15, 0.2) is 0 Å². The summed E-state index contributed by atoms with van der Waals surface area (Å²) in [6.07, 6.45) is 8.54. The quantitative estimate of drug-likeness (QED) is 0.255. The number of carbonyl (C=O) groups is 5. The molecule has 10 heteroatoms. The number of carbonyl (C=O) groups excluding carboxylic acids is 5. The molecule has 2 aliphatic carbocycles. The summed E-state index contributed by atoms with van der Waals surface area (Å²) in [6, 6.07) is -2.59. The van der Waals surface area contributed by atoms with Gasteiger partial charge in [-0.05, 0) is 70.6 Å². The minimum Gasteiger partial charge on any atom is -0.444 e. The summed E-state index contributed by atoms with van der Waals surface area (Å²) in [6.45, 7) is 13.0. The van der Waals surface area contributed by atoms with Gasteiger partial charge in [0.1, 0.15) is 17.7 Å². The number of fused-ring (bicyclic) bond motifs is 1. The van der Waals surface area contributed by atoms with Crippen molar-refractivity contribution in [2.24, 2.45) is 17.8 Å². The van der Waals surface area contributed by atoms with E-state index in [4.69, 9.17) is 4.74 Å². The molecule has 0 radical (unpaired) electrons. The van der Waals surface area contributed by atoms with Gasteiger partial charge in [0.2, 0.25) is 17.6 Å². The van der Waals surface area contributed by atoms with E-state index in [-0.39, 0.29) is 36.6 Å². The van der Waals surface area contributed by atoms with Gasteiger partial charge in [0.25, 0.3) is 5.91 Å². The van der Waals surface area contributed by atoms with Gasteiger partial charge in [0, 0.05) is 13.1 Å². The van der Waals surface area contributed by atoms with Crippen LogP contribution < -0.4 is 16.0 Å². The lowest BCUT2D eigenvalue weighted by molar-refractivity contribution is -0.144. The fourth-order valence-electron chi connectivity index (χ4n) is 5.71. The van der Waals surface area contributed by atoms with Crippen LogP contribution in [-0.4, -0.2) is 71.3 Å². The predicted molar refractivity (Wildman–Crippen MR) is 146 cm³/mol. The van der Waals surface area contributed by atoms with Crippen LogP contribution in [0.25, 0.3) is 0 Å². The van der Waals surface area contributed by atoms with E-state index in [0.717, 1.165) is 38.5 Å². The number of hydrogen-bond donors (Lipinski definition) is 3. The number of piperidine rings is 1. The van der Waals surface area contributed by atoms with E-state index in [2.05, 4.69) is 29.1 Å². The zero-order valence-electron chi connectivity index (χ0n) is 23.5. The molecular formula is C29H44N4O6. The number of rotatable bonds is 12. The molecule has 0 aromatic rings. The first kappa shape index (κ1) is 30.4. The second-order valence-electron chi connectivity index (χ2n) is 11.9. The van der Waals surface area contributed by atoms with Gasteiger partial charge >= 0.3 is 6.09 Å². The Labute approximate surface area is 231 Å². The van der Waals surface area contributed by atoms with Crippen LogP contribution in [0.3, 0.4) is 0 Å². The van der Waals surface area contributed by atoms with Crippen molar-refractivity contribution in [1.82, 2.24) is 20.9 Å². The third-order valence-corrected chi connectivity index (χ3v) is 7.68. The van der Waals surface area contributed by atoms with Gasteiger partial charge in [-0.15, -0.1) is 13.2 Å². The maximum Gasteiger partial charge on any atom is 0.408 e. The van der Waals surface area contributed by atoms with Crippen LogP contribution in [0, 0.1) is 17.8 Å². The normalized spacial score (nSPS) is 24.0. The molecule has 1 unspecified atom stereocenters. The van der Waals surface area contributed by atoms with Crippen LogP contribution in [-0.2, 0) is 23.9 Å². The molecule has 3 fully saturated rings. The summed E-state index contributed by atoms with van der Waals surface area (Å²) in [7, 11) is 0. The summed E-state index contributed by atoms with van der Waals surface area (Å²) in [5.74, 6) is -2.14. The zero-order chi connectivity index (χ0) is 28.7. The van der Waals surface area contributed by atoms with E-state index in [0.29, 0.717) is 13.0 Å². The van der Waals surface area contributed by atoms with Crippen LogP contribution in [0.4, 0.5) is 4.79 Å². The molecule has 1 aliphatic heterocycles. The summed E-state index contributed by atoms with van der Waals surface area (Å²) >= 11 is 0. The highest BCUT2D eigenvalue weighted by atomic mass is 16.6. The number of allylic oxidation sites excluding steroid dienone is 1. The third-order valence-electron chi connectivity index (χ3n) is 7.68. The molecular weight excluding hydrogens is 500 g/mol. The van der Waals surface area contributed by atoms with Crippen molar-refractivity contribution in [2.75, 3.05) is 13.1 Å². The van der Waals surface area contributed by atoms with Crippen molar-refractivity contribution in [3.63, 3.8) is 0 Å². The Morgan fingerprint density at radius 1 is 1.03 bits per heavy atom. The lowest BCUT2D eigenvalue weighted by Gasteiger charge is -2.36. The first-order chi connectivity index (χ1) is 18.5. The first-order valence-electron chi connectivity index (χ1n) is 14.1. The van der Waals surface area contributed by atoms with Crippen molar-refractivity contribution in [3.05, 3.63) is 25.3 Å². The Balaban J connectivity index is 1.77. The van der Waals surface area contributed by atoms with Crippen LogP contribution >= 0.6 is 0 Å². The lowest BCUT2D eigenvalue weighted by atomic mass is 9.83. The molecule has 0 aromatic heterocycles. The highest BCUT2D eigenvalue weighted by Crippen LogP contribution is 2.50. The van der Waals surface area contributed by atoms with E-state index in [1.807, 2.05) is 0 Å². The Bertz CT molecular complexity index is 967. The molecule has 1 heterocycles. The summed E-state index contributed by atoms with van der Waals surface area (Å²) in [5, 5.41) is 8.04. The van der Waals surface area contributed by atoms with Gasteiger partial charge in [-0.2, -0.15) is 0 Å². The Morgan fingerprint density at radius 2 is 1.72 bits per heavy atom.